The smallest absolute Gasteiger partial charge is 0.151 e. The maximum absolute atomic E-state index is 4.39. The summed E-state index contributed by atoms with van der Waals surface area (Å²) in [5.41, 5.74) is 1.27. The van der Waals surface area contributed by atoms with E-state index in [0.717, 1.165) is 57.2 Å². The molecule has 0 atom stereocenters. The lowest BCUT2D eigenvalue weighted by Crippen LogP contribution is -2.53. The summed E-state index contributed by atoms with van der Waals surface area (Å²) < 4.78 is 0. The van der Waals surface area contributed by atoms with Crippen molar-refractivity contribution < 1.29 is 0 Å². The Bertz CT molecular complexity index is 415. The molecule has 1 N–H and O–H groups in total. The van der Waals surface area contributed by atoms with Gasteiger partial charge in [0.1, 0.15) is 0 Å². The summed E-state index contributed by atoms with van der Waals surface area (Å²) in [6.07, 6.45) is 1.14. The molecule has 118 valence electrons. The Morgan fingerprint density at radius 3 is 2.33 bits per heavy atom. The fourth-order valence-corrected chi connectivity index (χ4v) is 2.62. The van der Waals surface area contributed by atoms with Crippen LogP contribution in [0.5, 0.6) is 0 Å². The minimum absolute atomic E-state index is 0.257. The lowest BCUT2D eigenvalue weighted by atomic mass is 10.1. The van der Waals surface area contributed by atoms with Crippen molar-refractivity contribution in [2.24, 2.45) is 0 Å². The van der Waals surface area contributed by atoms with Crippen LogP contribution in [-0.2, 0) is 6.54 Å². The molecule has 1 aliphatic rings. The SMILES string of the molecule is CCCNCc1ccc(N2CCN(C(C)(C)C)CC2)nn1. The standard InChI is InChI=1S/C16H29N5/c1-5-8-17-13-14-6-7-15(19-18-14)20-9-11-21(12-10-20)16(2,3)4/h6-7,17H,5,8-13H2,1-4H3. The van der Waals surface area contributed by atoms with Gasteiger partial charge in [-0.15, -0.1) is 5.10 Å². The van der Waals surface area contributed by atoms with E-state index in [0.29, 0.717) is 0 Å². The van der Waals surface area contributed by atoms with Crippen molar-refractivity contribution in [2.45, 2.75) is 46.2 Å². The number of anilines is 1. The third-order valence-electron chi connectivity index (χ3n) is 3.99. The molecular weight excluding hydrogens is 262 g/mol. The summed E-state index contributed by atoms with van der Waals surface area (Å²) in [4.78, 5) is 4.86. The van der Waals surface area contributed by atoms with E-state index in [4.69, 9.17) is 0 Å². The number of nitrogens with one attached hydrogen (secondary N) is 1. The van der Waals surface area contributed by atoms with Crippen molar-refractivity contribution in [3.8, 4) is 0 Å². The molecule has 2 rings (SSSR count). The quantitative estimate of drug-likeness (QED) is 0.839. The van der Waals surface area contributed by atoms with Crippen molar-refractivity contribution in [3.63, 3.8) is 0 Å². The fraction of sp³-hybridized carbons (Fsp3) is 0.750. The normalized spacial score (nSPS) is 17.2. The Morgan fingerprint density at radius 2 is 1.81 bits per heavy atom. The maximum atomic E-state index is 4.39. The van der Waals surface area contributed by atoms with Gasteiger partial charge >= 0.3 is 0 Å². The van der Waals surface area contributed by atoms with Gasteiger partial charge in [-0.2, -0.15) is 5.10 Å². The van der Waals surface area contributed by atoms with Crippen molar-refractivity contribution in [3.05, 3.63) is 17.8 Å². The highest BCUT2D eigenvalue weighted by atomic mass is 15.3. The highest BCUT2D eigenvalue weighted by molar-refractivity contribution is 5.38. The molecule has 0 amide bonds. The molecule has 1 aromatic rings. The average molecular weight is 291 g/mol. The largest absolute Gasteiger partial charge is 0.353 e. The Labute approximate surface area is 128 Å². The minimum atomic E-state index is 0.257. The molecule has 0 unspecified atom stereocenters. The van der Waals surface area contributed by atoms with E-state index in [1.807, 2.05) is 0 Å². The minimum Gasteiger partial charge on any atom is -0.353 e. The number of rotatable bonds is 5. The van der Waals surface area contributed by atoms with Gasteiger partial charge < -0.3 is 10.2 Å². The Morgan fingerprint density at radius 1 is 1.10 bits per heavy atom. The number of nitrogens with zero attached hydrogens (tertiary/aromatic N) is 4. The molecule has 1 fully saturated rings. The fourth-order valence-electron chi connectivity index (χ4n) is 2.62. The molecule has 5 heteroatoms. The monoisotopic (exact) mass is 291 g/mol. The van der Waals surface area contributed by atoms with Gasteiger partial charge in [-0.1, -0.05) is 6.92 Å². The van der Waals surface area contributed by atoms with Crippen LogP contribution in [0, 0.1) is 0 Å². The number of hydrogen-bond donors (Lipinski definition) is 1. The van der Waals surface area contributed by atoms with Gasteiger partial charge in [-0.3, -0.25) is 4.90 Å². The third-order valence-corrected chi connectivity index (χ3v) is 3.99. The molecule has 0 spiro atoms. The molecule has 0 aliphatic carbocycles. The summed E-state index contributed by atoms with van der Waals surface area (Å²) in [7, 11) is 0. The molecule has 1 saturated heterocycles. The van der Waals surface area contributed by atoms with E-state index in [1.54, 1.807) is 0 Å². The van der Waals surface area contributed by atoms with Crippen molar-refractivity contribution in [1.82, 2.24) is 20.4 Å². The van der Waals surface area contributed by atoms with Gasteiger partial charge in [0.2, 0.25) is 0 Å². The van der Waals surface area contributed by atoms with E-state index in [1.165, 1.54) is 0 Å². The second kappa shape index (κ2) is 7.18. The first kappa shape index (κ1) is 16.2. The lowest BCUT2D eigenvalue weighted by Gasteiger charge is -2.42. The topological polar surface area (TPSA) is 44.3 Å². The second-order valence-corrected chi connectivity index (χ2v) is 6.70. The van der Waals surface area contributed by atoms with Crippen LogP contribution in [0.2, 0.25) is 0 Å². The third kappa shape index (κ3) is 4.64. The molecule has 0 radical (unpaired) electrons. The van der Waals surface area contributed by atoms with E-state index < -0.39 is 0 Å². The van der Waals surface area contributed by atoms with Crippen molar-refractivity contribution in [1.29, 1.82) is 0 Å². The zero-order chi connectivity index (χ0) is 15.3. The van der Waals surface area contributed by atoms with Crippen molar-refractivity contribution >= 4 is 5.82 Å². The Kier molecular flexibility index (Phi) is 5.53. The maximum Gasteiger partial charge on any atom is 0.151 e. The van der Waals surface area contributed by atoms with E-state index in [2.05, 4.69) is 65.1 Å². The van der Waals surface area contributed by atoms with Gasteiger partial charge in [0.15, 0.2) is 5.82 Å². The molecule has 0 saturated carbocycles. The summed E-state index contributed by atoms with van der Waals surface area (Å²) in [5.74, 6) is 1.00. The molecule has 1 aromatic heterocycles. The molecule has 21 heavy (non-hydrogen) atoms. The van der Waals surface area contributed by atoms with Gasteiger partial charge in [-0.05, 0) is 45.9 Å². The van der Waals surface area contributed by atoms with Crippen LogP contribution in [0.15, 0.2) is 12.1 Å². The summed E-state index contributed by atoms with van der Waals surface area (Å²) >= 11 is 0. The molecule has 1 aliphatic heterocycles. The lowest BCUT2D eigenvalue weighted by molar-refractivity contribution is 0.128. The van der Waals surface area contributed by atoms with E-state index >= 15 is 0 Å². The number of hydrogen-bond acceptors (Lipinski definition) is 5. The molecule has 0 bridgehead atoms. The van der Waals surface area contributed by atoms with Crippen LogP contribution in [0.25, 0.3) is 0 Å². The first-order chi connectivity index (χ1) is 10.0. The predicted octanol–water partition coefficient (Wildman–Crippen LogP) is 1.90. The van der Waals surface area contributed by atoms with E-state index in [9.17, 15) is 0 Å². The van der Waals surface area contributed by atoms with Crippen LogP contribution in [0.1, 0.15) is 39.8 Å². The Balaban J connectivity index is 1.86. The first-order valence-electron chi connectivity index (χ1n) is 8.04. The number of aromatic nitrogens is 2. The summed E-state index contributed by atoms with van der Waals surface area (Å²) in [6, 6.07) is 4.18. The van der Waals surface area contributed by atoms with E-state index in [-0.39, 0.29) is 5.54 Å². The molecule has 2 heterocycles. The number of piperazine rings is 1. The average Bonchev–Trinajstić information content (AvgIpc) is 2.48. The zero-order valence-electron chi connectivity index (χ0n) is 13.9. The zero-order valence-corrected chi connectivity index (χ0v) is 13.9. The molecule has 5 nitrogen and oxygen atoms in total. The second-order valence-electron chi connectivity index (χ2n) is 6.70. The first-order valence-corrected chi connectivity index (χ1v) is 8.04. The van der Waals surface area contributed by atoms with Crippen LogP contribution in [-0.4, -0.2) is 53.4 Å². The highest BCUT2D eigenvalue weighted by Crippen LogP contribution is 2.18. The highest BCUT2D eigenvalue weighted by Gasteiger charge is 2.26. The van der Waals surface area contributed by atoms with Crippen LogP contribution >= 0.6 is 0 Å². The predicted molar refractivity (Wildman–Crippen MR) is 87.6 cm³/mol. The van der Waals surface area contributed by atoms with Gasteiger partial charge in [0.25, 0.3) is 0 Å². The van der Waals surface area contributed by atoms with Gasteiger partial charge in [0, 0.05) is 38.3 Å². The van der Waals surface area contributed by atoms with Crippen LogP contribution in [0.3, 0.4) is 0 Å². The Hall–Kier alpha value is -1.20. The van der Waals surface area contributed by atoms with Gasteiger partial charge in [-0.25, -0.2) is 0 Å². The van der Waals surface area contributed by atoms with Crippen LogP contribution < -0.4 is 10.2 Å². The van der Waals surface area contributed by atoms with Crippen molar-refractivity contribution in [2.75, 3.05) is 37.6 Å². The molecular formula is C16H29N5. The van der Waals surface area contributed by atoms with Crippen LogP contribution in [0.4, 0.5) is 5.82 Å². The summed E-state index contributed by atoms with van der Waals surface area (Å²) in [5, 5.41) is 12.1. The molecule has 0 aromatic carbocycles. The summed E-state index contributed by atoms with van der Waals surface area (Å²) in [6.45, 7) is 15.1. The van der Waals surface area contributed by atoms with Gasteiger partial charge in [0.05, 0.1) is 5.69 Å².